The lowest BCUT2D eigenvalue weighted by molar-refractivity contribution is -0.139. The highest BCUT2D eigenvalue weighted by atomic mass is 35.5. The summed E-state index contributed by atoms with van der Waals surface area (Å²) in [6.45, 7) is 5.11. The molecule has 3 rings (SSSR count). The second-order valence-corrected chi connectivity index (χ2v) is 12.3. The lowest BCUT2D eigenvalue weighted by Crippen LogP contribution is -2.51. The Bertz CT molecular complexity index is 1520. The van der Waals surface area contributed by atoms with Crippen molar-refractivity contribution in [1.29, 1.82) is 0 Å². The van der Waals surface area contributed by atoms with Crippen LogP contribution in [0.2, 0.25) is 10.0 Å². The summed E-state index contributed by atoms with van der Waals surface area (Å²) in [4.78, 5) is 28.4. The number of carbonyl (C=O) groups is 2. The highest BCUT2D eigenvalue weighted by Crippen LogP contribution is 2.36. The Morgan fingerprint density at radius 1 is 0.952 bits per heavy atom. The van der Waals surface area contributed by atoms with Crippen LogP contribution in [0.25, 0.3) is 0 Å². The third-order valence-electron chi connectivity index (χ3n) is 6.60. The smallest absolute Gasteiger partial charge is 0.264 e. The summed E-state index contributed by atoms with van der Waals surface area (Å²) in [5.74, 6) is -0.427. The molecule has 3 aromatic rings. The van der Waals surface area contributed by atoms with Crippen LogP contribution in [0.5, 0.6) is 11.5 Å². The van der Waals surface area contributed by atoms with Gasteiger partial charge in [0, 0.05) is 19.2 Å². The van der Waals surface area contributed by atoms with Crippen molar-refractivity contribution in [1.82, 2.24) is 10.2 Å². The standard InChI is InChI=1S/C30H35Cl2N3O6S/c1-6-15-33-30(37)21(3)34(18-22-9-13-25(31)26(32)16-22)29(36)19-35(27-17-23(40-4)10-14-28(27)41-5)42(38,39)24-11-7-20(2)8-12-24/h7-14,16-17,21H,6,15,18-19H2,1-5H3,(H,33,37)/t21-/m0/s1. The Morgan fingerprint density at radius 2 is 1.64 bits per heavy atom. The summed E-state index contributed by atoms with van der Waals surface area (Å²) in [5, 5.41) is 3.43. The van der Waals surface area contributed by atoms with E-state index in [0.29, 0.717) is 29.3 Å². The summed E-state index contributed by atoms with van der Waals surface area (Å²) in [6, 6.07) is 14.9. The molecular formula is C30H35Cl2N3O6S. The molecule has 0 aromatic heterocycles. The number of hydrogen-bond acceptors (Lipinski definition) is 6. The summed E-state index contributed by atoms with van der Waals surface area (Å²) in [6.07, 6.45) is 0.706. The predicted octanol–water partition coefficient (Wildman–Crippen LogP) is 5.46. The van der Waals surface area contributed by atoms with Crippen LogP contribution >= 0.6 is 23.2 Å². The predicted molar refractivity (Wildman–Crippen MR) is 165 cm³/mol. The minimum Gasteiger partial charge on any atom is -0.497 e. The van der Waals surface area contributed by atoms with Crippen LogP contribution in [-0.4, -0.2) is 58.5 Å². The van der Waals surface area contributed by atoms with Gasteiger partial charge in [0.15, 0.2) is 0 Å². The summed E-state index contributed by atoms with van der Waals surface area (Å²) >= 11 is 12.3. The maximum absolute atomic E-state index is 14.1. The number of aryl methyl sites for hydroxylation is 1. The molecule has 0 saturated heterocycles. The quantitative estimate of drug-likeness (QED) is 0.267. The number of carbonyl (C=O) groups excluding carboxylic acids is 2. The largest absolute Gasteiger partial charge is 0.497 e. The van der Waals surface area contributed by atoms with E-state index >= 15 is 0 Å². The van der Waals surface area contributed by atoms with Crippen LogP contribution in [0.1, 0.15) is 31.4 Å². The van der Waals surface area contributed by atoms with Crippen molar-refractivity contribution in [2.75, 3.05) is 31.6 Å². The average molecular weight is 637 g/mol. The maximum atomic E-state index is 14.1. The van der Waals surface area contributed by atoms with E-state index in [1.165, 1.54) is 37.3 Å². The fourth-order valence-electron chi connectivity index (χ4n) is 4.16. The van der Waals surface area contributed by atoms with Gasteiger partial charge in [-0.2, -0.15) is 0 Å². The third-order valence-corrected chi connectivity index (χ3v) is 9.11. The molecule has 9 nitrogen and oxygen atoms in total. The van der Waals surface area contributed by atoms with Gasteiger partial charge in [0.25, 0.3) is 10.0 Å². The van der Waals surface area contributed by atoms with Gasteiger partial charge >= 0.3 is 0 Å². The van der Waals surface area contributed by atoms with E-state index in [4.69, 9.17) is 32.7 Å². The maximum Gasteiger partial charge on any atom is 0.264 e. The van der Waals surface area contributed by atoms with Crippen molar-refractivity contribution in [3.05, 3.63) is 81.8 Å². The Kier molecular flexibility index (Phi) is 11.5. The van der Waals surface area contributed by atoms with Crippen molar-refractivity contribution in [2.45, 2.75) is 44.7 Å². The fourth-order valence-corrected chi connectivity index (χ4v) is 5.89. The molecule has 226 valence electrons. The Morgan fingerprint density at radius 3 is 2.24 bits per heavy atom. The molecule has 1 N–H and O–H groups in total. The van der Waals surface area contributed by atoms with Crippen LogP contribution in [-0.2, 0) is 26.2 Å². The fraction of sp³-hybridized carbons (Fsp3) is 0.333. The molecule has 0 fully saturated rings. The van der Waals surface area contributed by atoms with Crippen molar-refractivity contribution in [2.24, 2.45) is 0 Å². The van der Waals surface area contributed by atoms with Crippen LogP contribution in [0.15, 0.2) is 65.6 Å². The highest BCUT2D eigenvalue weighted by molar-refractivity contribution is 7.92. The van der Waals surface area contributed by atoms with E-state index in [9.17, 15) is 18.0 Å². The number of nitrogens with zero attached hydrogens (tertiary/aromatic N) is 2. The first-order chi connectivity index (χ1) is 19.9. The minimum absolute atomic E-state index is 0.0180. The number of ether oxygens (including phenoxy) is 2. The molecule has 0 bridgehead atoms. The number of rotatable bonds is 13. The number of benzene rings is 3. The number of amides is 2. The zero-order valence-electron chi connectivity index (χ0n) is 24.2. The van der Waals surface area contributed by atoms with Crippen molar-refractivity contribution in [3.8, 4) is 11.5 Å². The lowest BCUT2D eigenvalue weighted by atomic mass is 10.1. The number of methoxy groups -OCH3 is 2. The van der Waals surface area contributed by atoms with Gasteiger partial charge in [0.05, 0.1) is 34.8 Å². The molecule has 0 spiro atoms. The van der Waals surface area contributed by atoms with Crippen molar-refractivity contribution < 1.29 is 27.5 Å². The lowest BCUT2D eigenvalue weighted by Gasteiger charge is -2.32. The highest BCUT2D eigenvalue weighted by Gasteiger charge is 2.34. The zero-order chi connectivity index (χ0) is 31.0. The molecule has 42 heavy (non-hydrogen) atoms. The van der Waals surface area contributed by atoms with Gasteiger partial charge in [-0.25, -0.2) is 8.42 Å². The molecule has 0 unspecified atom stereocenters. The topological polar surface area (TPSA) is 105 Å². The summed E-state index contributed by atoms with van der Waals surface area (Å²) in [7, 11) is -1.44. The Hall–Kier alpha value is -3.47. The van der Waals surface area contributed by atoms with Crippen LogP contribution in [0.4, 0.5) is 5.69 Å². The molecule has 0 saturated carbocycles. The van der Waals surface area contributed by atoms with Gasteiger partial charge in [0.2, 0.25) is 11.8 Å². The molecule has 0 aliphatic carbocycles. The molecule has 3 aromatic carbocycles. The zero-order valence-corrected chi connectivity index (χ0v) is 26.5. The van der Waals surface area contributed by atoms with Crippen molar-refractivity contribution in [3.63, 3.8) is 0 Å². The van der Waals surface area contributed by atoms with E-state index in [1.807, 2.05) is 13.8 Å². The van der Waals surface area contributed by atoms with E-state index in [1.54, 1.807) is 49.4 Å². The van der Waals surface area contributed by atoms with Crippen molar-refractivity contribution >= 4 is 50.7 Å². The average Bonchev–Trinajstić information content (AvgIpc) is 2.98. The first kappa shape index (κ1) is 33.0. The molecule has 0 aliphatic rings. The number of nitrogens with one attached hydrogen (secondary N) is 1. The van der Waals surface area contributed by atoms with E-state index in [0.717, 1.165) is 9.87 Å². The molecular weight excluding hydrogens is 601 g/mol. The van der Waals surface area contributed by atoms with Gasteiger partial charge < -0.3 is 19.7 Å². The Balaban J connectivity index is 2.12. The molecule has 2 amide bonds. The first-order valence-electron chi connectivity index (χ1n) is 13.3. The van der Waals surface area contributed by atoms with Crippen LogP contribution < -0.4 is 19.1 Å². The first-order valence-corrected chi connectivity index (χ1v) is 15.4. The molecule has 12 heteroatoms. The van der Waals surface area contributed by atoms with Crippen LogP contribution in [0.3, 0.4) is 0 Å². The Labute approximate surface area is 257 Å². The van der Waals surface area contributed by atoms with E-state index in [-0.39, 0.29) is 33.8 Å². The second kappa shape index (κ2) is 14.6. The summed E-state index contributed by atoms with van der Waals surface area (Å²) < 4.78 is 40.0. The number of anilines is 1. The van der Waals surface area contributed by atoms with E-state index in [2.05, 4.69) is 5.32 Å². The second-order valence-electron chi connectivity index (χ2n) is 9.60. The monoisotopic (exact) mass is 635 g/mol. The molecule has 0 aliphatic heterocycles. The van der Waals surface area contributed by atoms with Gasteiger partial charge in [0.1, 0.15) is 24.1 Å². The SMILES string of the molecule is CCCNC(=O)[C@H](C)N(Cc1ccc(Cl)c(Cl)c1)C(=O)CN(c1cc(OC)ccc1OC)S(=O)(=O)c1ccc(C)cc1. The minimum atomic E-state index is -4.29. The molecule has 0 radical (unpaired) electrons. The van der Waals surface area contributed by atoms with Gasteiger partial charge in [-0.1, -0.05) is 53.9 Å². The molecule has 1 atom stereocenters. The van der Waals surface area contributed by atoms with Crippen LogP contribution in [0, 0.1) is 6.92 Å². The van der Waals surface area contributed by atoms with E-state index < -0.39 is 28.5 Å². The van der Waals surface area contributed by atoms with Gasteiger partial charge in [-0.15, -0.1) is 0 Å². The van der Waals surface area contributed by atoms with Gasteiger partial charge in [-0.05, 0) is 62.2 Å². The number of hydrogen-bond donors (Lipinski definition) is 1. The number of halogens is 2. The molecule has 0 heterocycles. The summed E-state index contributed by atoms with van der Waals surface area (Å²) in [5.41, 5.74) is 1.58. The number of sulfonamides is 1. The van der Waals surface area contributed by atoms with Gasteiger partial charge in [-0.3, -0.25) is 13.9 Å². The normalized spacial score (nSPS) is 11.9. The third kappa shape index (κ3) is 7.87.